The maximum absolute atomic E-state index is 5.43. The Hall–Kier alpha value is -3.28. The van der Waals surface area contributed by atoms with Crippen molar-refractivity contribution in [2.75, 3.05) is 26.2 Å². The fraction of sp³-hybridized carbons (Fsp3) is 0.200. The van der Waals surface area contributed by atoms with Crippen LogP contribution < -0.4 is 14.4 Å². The van der Waals surface area contributed by atoms with Gasteiger partial charge < -0.3 is 19.4 Å². The number of aromatic nitrogens is 3. The average molecular weight is 348 g/mol. The highest BCUT2D eigenvalue weighted by molar-refractivity contribution is 6.09. The van der Waals surface area contributed by atoms with E-state index < -0.39 is 0 Å². The third-order valence-corrected chi connectivity index (χ3v) is 4.49. The Kier molecular flexibility index (Phi) is 4.08. The highest BCUT2D eigenvalue weighted by Gasteiger charge is 2.16. The van der Waals surface area contributed by atoms with Crippen molar-refractivity contribution in [3.05, 3.63) is 54.4 Å². The van der Waals surface area contributed by atoms with Crippen molar-refractivity contribution in [1.29, 1.82) is 0 Å². The van der Waals surface area contributed by atoms with Crippen LogP contribution in [0, 0.1) is 0 Å². The minimum atomic E-state index is 0.679. The van der Waals surface area contributed by atoms with Crippen molar-refractivity contribution >= 4 is 27.8 Å². The van der Waals surface area contributed by atoms with E-state index in [0.717, 1.165) is 34.3 Å². The number of nitrogens with one attached hydrogen (secondary N) is 1. The zero-order valence-corrected chi connectivity index (χ0v) is 15.0. The van der Waals surface area contributed by atoms with Crippen molar-refractivity contribution in [2.24, 2.45) is 0 Å². The summed E-state index contributed by atoms with van der Waals surface area (Å²) in [5, 5.41) is 0.981. The van der Waals surface area contributed by atoms with Crippen LogP contribution in [-0.4, -0.2) is 36.2 Å². The number of rotatable bonds is 5. The zero-order chi connectivity index (χ0) is 18.1. The number of hydrogen-bond acceptors (Lipinski definition) is 5. The Labute approximate surface area is 151 Å². The van der Waals surface area contributed by atoms with Crippen molar-refractivity contribution in [2.45, 2.75) is 6.54 Å². The van der Waals surface area contributed by atoms with Crippen LogP contribution in [0.5, 0.6) is 11.5 Å². The quantitative estimate of drug-likeness (QED) is 0.595. The minimum absolute atomic E-state index is 0.679. The fourth-order valence-corrected chi connectivity index (χ4v) is 3.23. The summed E-state index contributed by atoms with van der Waals surface area (Å²) >= 11 is 0. The molecule has 0 saturated carbocycles. The first kappa shape index (κ1) is 16.2. The van der Waals surface area contributed by atoms with Gasteiger partial charge in [0.15, 0.2) is 17.3 Å². The highest BCUT2D eigenvalue weighted by atomic mass is 16.5. The first-order chi connectivity index (χ1) is 12.7. The molecule has 0 fully saturated rings. The van der Waals surface area contributed by atoms with Crippen LogP contribution in [0.1, 0.15) is 5.56 Å². The molecule has 6 nitrogen and oxygen atoms in total. The van der Waals surface area contributed by atoms with Gasteiger partial charge in [-0.2, -0.15) is 0 Å². The van der Waals surface area contributed by atoms with Crippen LogP contribution in [0.3, 0.4) is 0 Å². The SMILES string of the molecule is COc1cc2[nH]c3c(N(C)Cc4ccccc4)ncnc3c2cc1OC. The summed E-state index contributed by atoms with van der Waals surface area (Å²) < 4.78 is 10.8. The Morgan fingerprint density at radius 2 is 1.73 bits per heavy atom. The molecule has 2 aromatic carbocycles. The molecule has 2 heterocycles. The maximum Gasteiger partial charge on any atom is 0.162 e. The third-order valence-electron chi connectivity index (χ3n) is 4.49. The molecule has 26 heavy (non-hydrogen) atoms. The van der Waals surface area contributed by atoms with Gasteiger partial charge in [-0.15, -0.1) is 0 Å². The number of aromatic amines is 1. The molecule has 4 aromatic rings. The summed E-state index contributed by atoms with van der Waals surface area (Å²) in [5.74, 6) is 2.21. The molecule has 0 aliphatic heterocycles. The van der Waals surface area contributed by atoms with Gasteiger partial charge in [0.05, 0.1) is 19.7 Å². The van der Waals surface area contributed by atoms with E-state index in [1.54, 1.807) is 20.5 Å². The van der Waals surface area contributed by atoms with Gasteiger partial charge in [-0.1, -0.05) is 30.3 Å². The van der Waals surface area contributed by atoms with E-state index in [-0.39, 0.29) is 0 Å². The molecule has 4 rings (SSSR count). The van der Waals surface area contributed by atoms with E-state index in [9.17, 15) is 0 Å². The first-order valence-electron chi connectivity index (χ1n) is 8.34. The number of hydrogen-bond donors (Lipinski definition) is 1. The molecule has 0 aliphatic carbocycles. The van der Waals surface area contributed by atoms with Gasteiger partial charge >= 0.3 is 0 Å². The van der Waals surface area contributed by atoms with Gasteiger partial charge in [0.2, 0.25) is 0 Å². The van der Waals surface area contributed by atoms with Gasteiger partial charge in [0.25, 0.3) is 0 Å². The van der Waals surface area contributed by atoms with Gasteiger partial charge in [-0.25, -0.2) is 9.97 Å². The average Bonchev–Trinajstić information content (AvgIpc) is 3.05. The van der Waals surface area contributed by atoms with E-state index in [1.165, 1.54) is 5.56 Å². The molecular weight excluding hydrogens is 328 g/mol. The van der Waals surface area contributed by atoms with E-state index >= 15 is 0 Å². The maximum atomic E-state index is 5.43. The summed E-state index contributed by atoms with van der Waals surface area (Å²) in [6.45, 7) is 0.759. The molecule has 0 unspecified atom stereocenters. The molecule has 0 radical (unpaired) electrons. The van der Waals surface area contributed by atoms with E-state index in [4.69, 9.17) is 9.47 Å². The number of fused-ring (bicyclic) bond motifs is 3. The number of methoxy groups -OCH3 is 2. The van der Waals surface area contributed by atoms with Crippen molar-refractivity contribution in [3.63, 3.8) is 0 Å². The van der Waals surface area contributed by atoms with Crippen LogP contribution in [0.25, 0.3) is 21.9 Å². The number of benzene rings is 2. The topological polar surface area (TPSA) is 63.3 Å². The standard InChI is InChI=1S/C20H20N4O2/c1-24(11-13-7-5-4-6-8-13)20-19-18(21-12-22-20)14-9-16(25-2)17(26-3)10-15(14)23-19/h4-10,12,23H,11H2,1-3H3. The van der Waals surface area contributed by atoms with Crippen LogP contribution >= 0.6 is 0 Å². The molecule has 0 bridgehead atoms. The van der Waals surface area contributed by atoms with Crippen LogP contribution in [-0.2, 0) is 6.54 Å². The molecule has 132 valence electrons. The highest BCUT2D eigenvalue weighted by Crippen LogP contribution is 2.36. The minimum Gasteiger partial charge on any atom is -0.493 e. The van der Waals surface area contributed by atoms with Gasteiger partial charge in [-0.05, 0) is 11.6 Å². The molecule has 1 N–H and O–H groups in total. The number of H-pyrrole nitrogens is 1. The van der Waals surface area contributed by atoms with Gasteiger partial charge in [-0.3, -0.25) is 0 Å². The normalized spacial score (nSPS) is 11.0. The molecule has 0 amide bonds. The summed E-state index contributed by atoms with van der Waals surface area (Å²) in [6.07, 6.45) is 1.60. The largest absolute Gasteiger partial charge is 0.493 e. The molecule has 6 heteroatoms. The second kappa shape index (κ2) is 6.55. The lowest BCUT2D eigenvalue weighted by molar-refractivity contribution is 0.356. The summed E-state index contributed by atoms with van der Waals surface area (Å²) in [7, 11) is 5.29. The molecule has 0 spiro atoms. The summed E-state index contributed by atoms with van der Waals surface area (Å²) in [5.41, 5.74) is 3.93. The first-order valence-corrected chi connectivity index (χ1v) is 8.34. The Bertz CT molecular complexity index is 1060. The fourth-order valence-electron chi connectivity index (χ4n) is 3.23. The van der Waals surface area contributed by atoms with Crippen molar-refractivity contribution in [1.82, 2.24) is 15.0 Å². The summed E-state index contributed by atoms with van der Waals surface area (Å²) in [4.78, 5) is 14.5. The Morgan fingerprint density at radius 1 is 1.00 bits per heavy atom. The molecule has 0 aliphatic rings. The molecular formula is C20H20N4O2. The van der Waals surface area contributed by atoms with Gasteiger partial charge in [0.1, 0.15) is 17.4 Å². The third kappa shape index (κ3) is 2.69. The van der Waals surface area contributed by atoms with Crippen LogP contribution in [0.2, 0.25) is 0 Å². The predicted octanol–water partition coefficient (Wildman–Crippen LogP) is 3.76. The monoisotopic (exact) mass is 348 g/mol. The smallest absolute Gasteiger partial charge is 0.162 e. The van der Waals surface area contributed by atoms with E-state index in [0.29, 0.717) is 11.5 Å². The zero-order valence-electron chi connectivity index (χ0n) is 15.0. The molecule has 2 aromatic heterocycles. The lowest BCUT2D eigenvalue weighted by Gasteiger charge is -2.18. The molecule has 0 saturated heterocycles. The molecule has 0 atom stereocenters. The number of ether oxygens (including phenoxy) is 2. The van der Waals surface area contributed by atoms with E-state index in [1.807, 2.05) is 37.4 Å². The summed E-state index contributed by atoms with van der Waals surface area (Å²) in [6, 6.07) is 14.2. The Balaban J connectivity index is 1.83. The van der Waals surface area contributed by atoms with Crippen LogP contribution in [0.4, 0.5) is 5.82 Å². The lowest BCUT2D eigenvalue weighted by atomic mass is 10.2. The number of anilines is 1. The number of nitrogens with zero attached hydrogens (tertiary/aromatic N) is 3. The lowest BCUT2D eigenvalue weighted by Crippen LogP contribution is -2.18. The van der Waals surface area contributed by atoms with Crippen LogP contribution in [0.15, 0.2) is 48.8 Å². The van der Waals surface area contributed by atoms with E-state index in [2.05, 4.69) is 32.0 Å². The van der Waals surface area contributed by atoms with Crippen molar-refractivity contribution in [3.8, 4) is 11.5 Å². The second-order valence-electron chi connectivity index (χ2n) is 6.14. The second-order valence-corrected chi connectivity index (χ2v) is 6.14. The predicted molar refractivity (Wildman–Crippen MR) is 103 cm³/mol. The van der Waals surface area contributed by atoms with Crippen molar-refractivity contribution < 1.29 is 9.47 Å². The Morgan fingerprint density at radius 3 is 2.46 bits per heavy atom. The van der Waals surface area contributed by atoms with Gasteiger partial charge in [0, 0.05) is 25.0 Å².